The van der Waals surface area contributed by atoms with Crippen LogP contribution < -0.4 is 10.6 Å². The lowest BCUT2D eigenvalue weighted by molar-refractivity contribution is 0.144. The van der Waals surface area contributed by atoms with Crippen molar-refractivity contribution in [1.29, 1.82) is 0 Å². The highest BCUT2D eigenvalue weighted by molar-refractivity contribution is 5.43. The van der Waals surface area contributed by atoms with E-state index >= 15 is 0 Å². The topological polar surface area (TPSA) is 70.1 Å². The van der Waals surface area contributed by atoms with E-state index in [1.807, 2.05) is 6.92 Å². The molecule has 2 rings (SSSR count). The summed E-state index contributed by atoms with van der Waals surface area (Å²) in [5, 5.41) is 15.7. The summed E-state index contributed by atoms with van der Waals surface area (Å²) in [6.45, 7) is 2.99. The van der Waals surface area contributed by atoms with Gasteiger partial charge in [-0.3, -0.25) is 4.98 Å². The summed E-state index contributed by atoms with van der Waals surface area (Å²) in [6, 6.07) is 0. The molecule has 0 radical (unpaired) electrons. The van der Waals surface area contributed by atoms with E-state index < -0.39 is 0 Å². The smallest absolute Gasteiger partial charge is 0.147 e. The van der Waals surface area contributed by atoms with Gasteiger partial charge in [0.2, 0.25) is 0 Å². The minimum absolute atomic E-state index is 0.153. The summed E-state index contributed by atoms with van der Waals surface area (Å²) in [7, 11) is 0. The number of aliphatic hydroxyl groups is 1. The normalized spacial score (nSPS) is 17.6. The Morgan fingerprint density at radius 2 is 2.12 bits per heavy atom. The van der Waals surface area contributed by atoms with E-state index in [9.17, 15) is 5.11 Å². The van der Waals surface area contributed by atoms with Crippen LogP contribution >= 0.6 is 0 Å². The van der Waals surface area contributed by atoms with Crippen LogP contribution in [0.1, 0.15) is 26.2 Å². The largest absolute Gasteiger partial charge is 0.394 e. The van der Waals surface area contributed by atoms with E-state index in [1.54, 1.807) is 12.4 Å². The number of nitrogens with zero attached hydrogens (tertiary/aromatic N) is 2. The second-order valence-electron chi connectivity index (χ2n) is 4.24. The summed E-state index contributed by atoms with van der Waals surface area (Å²) in [5.41, 5.74) is -0.167. The molecule has 5 heteroatoms. The highest BCUT2D eigenvalue weighted by Gasteiger charge is 2.36. The SMILES string of the molecule is CCNc1cncc(NC2(CO)CCC2)n1. The Kier molecular flexibility index (Phi) is 3.24. The Labute approximate surface area is 95.3 Å². The second kappa shape index (κ2) is 4.65. The van der Waals surface area contributed by atoms with Gasteiger partial charge >= 0.3 is 0 Å². The van der Waals surface area contributed by atoms with Crippen LogP contribution in [0.4, 0.5) is 11.6 Å². The quantitative estimate of drug-likeness (QED) is 0.699. The van der Waals surface area contributed by atoms with Crippen molar-refractivity contribution in [3.8, 4) is 0 Å². The van der Waals surface area contributed by atoms with E-state index in [-0.39, 0.29) is 12.1 Å². The first kappa shape index (κ1) is 11.1. The third-order valence-electron chi connectivity index (χ3n) is 3.00. The van der Waals surface area contributed by atoms with Gasteiger partial charge in [0.25, 0.3) is 0 Å². The van der Waals surface area contributed by atoms with Gasteiger partial charge < -0.3 is 15.7 Å². The van der Waals surface area contributed by atoms with Crippen molar-refractivity contribution in [2.24, 2.45) is 0 Å². The number of rotatable bonds is 5. The molecule has 1 fully saturated rings. The molecule has 3 N–H and O–H groups in total. The fraction of sp³-hybridized carbons (Fsp3) is 0.636. The van der Waals surface area contributed by atoms with Crippen molar-refractivity contribution in [2.45, 2.75) is 31.7 Å². The molecule has 0 spiro atoms. The van der Waals surface area contributed by atoms with Crippen LogP contribution in [0.3, 0.4) is 0 Å². The Balaban J connectivity index is 2.05. The summed E-state index contributed by atoms with van der Waals surface area (Å²) in [6.07, 6.45) is 6.54. The third kappa shape index (κ3) is 2.24. The molecule has 1 aromatic heterocycles. The average molecular weight is 222 g/mol. The molecule has 1 heterocycles. The summed E-state index contributed by atoms with van der Waals surface area (Å²) in [4.78, 5) is 8.49. The van der Waals surface area contributed by atoms with Gasteiger partial charge in [0.05, 0.1) is 24.5 Å². The lowest BCUT2D eigenvalue weighted by atomic mass is 9.77. The third-order valence-corrected chi connectivity index (χ3v) is 3.00. The highest BCUT2D eigenvalue weighted by atomic mass is 16.3. The standard InChI is InChI=1S/C11H18N4O/c1-2-13-9-6-12-7-10(14-9)15-11(8-16)4-3-5-11/h6-7,16H,2-5,8H2,1H3,(H2,13,14,15). The van der Waals surface area contributed by atoms with Crippen LogP contribution in [-0.4, -0.2) is 33.8 Å². The van der Waals surface area contributed by atoms with Gasteiger partial charge in [0.1, 0.15) is 11.6 Å². The first-order valence-corrected chi connectivity index (χ1v) is 5.73. The zero-order valence-electron chi connectivity index (χ0n) is 9.53. The van der Waals surface area contributed by atoms with E-state index in [0.29, 0.717) is 0 Å². The number of aromatic nitrogens is 2. The minimum atomic E-state index is -0.167. The molecular weight excluding hydrogens is 204 g/mol. The maximum Gasteiger partial charge on any atom is 0.147 e. The van der Waals surface area contributed by atoms with Crippen molar-refractivity contribution in [3.05, 3.63) is 12.4 Å². The predicted octanol–water partition coefficient (Wildman–Crippen LogP) is 1.24. The van der Waals surface area contributed by atoms with Crippen molar-refractivity contribution < 1.29 is 5.11 Å². The van der Waals surface area contributed by atoms with Gasteiger partial charge in [-0.25, -0.2) is 4.98 Å². The number of anilines is 2. The lowest BCUT2D eigenvalue weighted by Crippen LogP contribution is -2.48. The van der Waals surface area contributed by atoms with Crippen molar-refractivity contribution in [2.75, 3.05) is 23.8 Å². The molecule has 0 aromatic carbocycles. The molecule has 88 valence electrons. The van der Waals surface area contributed by atoms with Gasteiger partial charge in [-0.05, 0) is 26.2 Å². The molecule has 0 amide bonds. The van der Waals surface area contributed by atoms with Gasteiger partial charge in [0, 0.05) is 6.54 Å². The molecule has 5 nitrogen and oxygen atoms in total. The van der Waals surface area contributed by atoms with Gasteiger partial charge in [0.15, 0.2) is 0 Å². The molecule has 0 unspecified atom stereocenters. The number of aliphatic hydroxyl groups excluding tert-OH is 1. The molecule has 1 saturated carbocycles. The summed E-state index contributed by atoms with van der Waals surface area (Å²) >= 11 is 0. The Morgan fingerprint density at radius 3 is 2.69 bits per heavy atom. The van der Waals surface area contributed by atoms with Crippen LogP contribution in [0, 0.1) is 0 Å². The highest BCUT2D eigenvalue weighted by Crippen LogP contribution is 2.34. The Morgan fingerprint density at radius 1 is 1.38 bits per heavy atom. The van der Waals surface area contributed by atoms with Crippen LogP contribution in [0.2, 0.25) is 0 Å². The van der Waals surface area contributed by atoms with Crippen LogP contribution in [-0.2, 0) is 0 Å². The maximum atomic E-state index is 9.34. The van der Waals surface area contributed by atoms with Crippen molar-refractivity contribution in [3.63, 3.8) is 0 Å². The molecule has 1 aliphatic rings. The fourth-order valence-corrected chi connectivity index (χ4v) is 1.89. The predicted molar refractivity (Wildman–Crippen MR) is 63.5 cm³/mol. The van der Waals surface area contributed by atoms with Crippen LogP contribution in [0.5, 0.6) is 0 Å². The first-order valence-electron chi connectivity index (χ1n) is 5.73. The van der Waals surface area contributed by atoms with Crippen LogP contribution in [0.15, 0.2) is 12.4 Å². The zero-order chi connectivity index (χ0) is 11.4. The van der Waals surface area contributed by atoms with Crippen molar-refractivity contribution in [1.82, 2.24) is 9.97 Å². The van der Waals surface area contributed by atoms with Gasteiger partial charge in [-0.1, -0.05) is 0 Å². The molecule has 1 aromatic rings. The minimum Gasteiger partial charge on any atom is -0.394 e. The molecule has 0 atom stereocenters. The van der Waals surface area contributed by atoms with E-state index in [4.69, 9.17) is 0 Å². The van der Waals surface area contributed by atoms with Gasteiger partial charge in [-0.15, -0.1) is 0 Å². The lowest BCUT2D eigenvalue weighted by Gasteiger charge is -2.41. The van der Waals surface area contributed by atoms with Crippen LogP contribution in [0.25, 0.3) is 0 Å². The van der Waals surface area contributed by atoms with Crippen molar-refractivity contribution >= 4 is 11.6 Å². The number of hydrogen-bond donors (Lipinski definition) is 3. The maximum absolute atomic E-state index is 9.34. The van der Waals surface area contributed by atoms with Gasteiger partial charge in [-0.2, -0.15) is 0 Å². The molecular formula is C11H18N4O. The molecule has 0 bridgehead atoms. The molecule has 0 aliphatic heterocycles. The van der Waals surface area contributed by atoms with E-state index in [2.05, 4.69) is 20.6 Å². The average Bonchev–Trinajstić information content (AvgIpc) is 2.25. The molecule has 1 aliphatic carbocycles. The van der Waals surface area contributed by atoms with E-state index in [1.165, 1.54) is 0 Å². The second-order valence-corrected chi connectivity index (χ2v) is 4.24. The monoisotopic (exact) mass is 222 g/mol. The summed E-state index contributed by atoms with van der Waals surface area (Å²) in [5.74, 6) is 1.49. The number of hydrogen-bond acceptors (Lipinski definition) is 5. The summed E-state index contributed by atoms with van der Waals surface area (Å²) < 4.78 is 0. The number of nitrogens with one attached hydrogen (secondary N) is 2. The van der Waals surface area contributed by atoms with E-state index in [0.717, 1.165) is 37.4 Å². The zero-order valence-corrected chi connectivity index (χ0v) is 9.53. The molecule has 16 heavy (non-hydrogen) atoms. The molecule has 0 saturated heterocycles. The first-order chi connectivity index (χ1) is 7.78. The Hall–Kier alpha value is -1.36. The fourth-order valence-electron chi connectivity index (χ4n) is 1.89. The Bertz CT molecular complexity index is 346.